The molecular formula is C16H17F2NO4S. The third kappa shape index (κ3) is 4.73. The molecule has 0 saturated carbocycles. The van der Waals surface area contributed by atoms with Crippen LogP contribution in [0.5, 0.6) is 5.75 Å². The summed E-state index contributed by atoms with van der Waals surface area (Å²) in [6, 6.07) is 9.43. The van der Waals surface area contributed by atoms with E-state index in [1.165, 1.54) is 6.07 Å². The van der Waals surface area contributed by atoms with E-state index in [-0.39, 0.29) is 18.9 Å². The molecule has 24 heavy (non-hydrogen) atoms. The maximum Gasteiger partial charge on any atom is 0.301 e. The van der Waals surface area contributed by atoms with Gasteiger partial charge in [-0.3, -0.25) is 8.74 Å². The first-order valence-electron chi connectivity index (χ1n) is 7.05. The number of anilines is 1. The first kappa shape index (κ1) is 18.3. The van der Waals surface area contributed by atoms with Crippen LogP contribution in [0.15, 0.2) is 36.4 Å². The highest BCUT2D eigenvalue weighted by atomic mass is 32.2. The molecule has 2 aromatic rings. The molecule has 0 saturated heterocycles. The lowest BCUT2D eigenvalue weighted by Crippen LogP contribution is -2.18. The fourth-order valence-corrected chi connectivity index (χ4v) is 2.38. The zero-order valence-corrected chi connectivity index (χ0v) is 13.7. The molecule has 2 atom stereocenters. The molecule has 0 bridgehead atoms. The molecule has 0 radical (unpaired) electrons. The number of ether oxygens (including phenoxy) is 1. The van der Waals surface area contributed by atoms with Gasteiger partial charge in [-0.25, -0.2) is 4.39 Å². The molecule has 0 aliphatic carbocycles. The van der Waals surface area contributed by atoms with Crippen LogP contribution >= 0.6 is 0 Å². The van der Waals surface area contributed by atoms with Crippen LogP contribution < -0.4 is 10.5 Å². The summed E-state index contributed by atoms with van der Waals surface area (Å²) in [5, 5.41) is 0. The third-order valence-corrected chi connectivity index (χ3v) is 3.77. The lowest BCUT2D eigenvalue weighted by atomic mass is 10.00. The van der Waals surface area contributed by atoms with Crippen LogP contribution in [0.25, 0.3) is 0 Å². The minimum atomic E-state index is -2.44. The van der Waals surface area contributed by atoms with Gasteiger partial charge in [0.05, 0.1) is 18.9 Å². The first-order valence-corrected chi connectivity index (χ1v) is 8.08. The Morgan fingerprint density at radius 1 is 1.17 bits per heavy atom. The van der Waals surface area contributed by atoms with Gasteiger partial charge in [-0.1, -0.05) is 29.8 Å². The van der Waals surface area contributed by atoms with Gasteiger partial charge in [-0.15, -0.1) is 0 Å². The number of aryl methyl sites for hydroxylation is 1. The summed E-state index contributed by atoms with van der Waals surface area (Å²) in [7, 11) is 0. The summed E-state index contributed by atoms with van der Waals surface area (Å²) in [6.45, 7) is 1.67. The van der Waals surface area contributed by atoms with Gasteiger partial charge in [0.2, 0.25) is 5.82 Å². The van der Waals surface area contributed by atoms with E-state index >= 15 is 0 Å². The average molecular weight is 357 g/mol. The molecule has 0 aliphatic rings. The minimum absolute atomic E-state index is 0.0387. The summed E-state index contributed by atoms with van der Waals surface area (Å²) in [4.78, 5) is 0. The number of nitrogen functional groups attached to an aromatic ring is 1. The van der Waals surface area contributed by atoms with Crippen LogP contribution in [0.3, 0.4) is 0 Å². The number of rotatable bonds is 7. The predicted octanol–water partition coefficient (Wildman–Crippen LogP) is 3.17. The standard InChI is InChI=1S/C16H17F2NO4S/c1-10-2-4-11(5-3-10)12(9-23-24(20)21)8-22-16-14(19)7-6-13(17)15(16)18/h2-7,12H,8-9,19H2,1H3,(H,20,21). The molecule has 0 heterocycles. The second kappa shape index (κ2) is 8.18. The van der Waals surface area contributed by atoms with Crippen LogP contribution in [-0.2, 0) is 15.5 Å². The van der Waals surface area contributed by atoms with Crippen molar-refractivity contribution in [1.29, 1.82) is 0 Å². The van der Waals surface area contributed by atoms with E-state index in [0.717, 1.165) is 17.2 Å². The van der Waals surface area contributed by atoms with Crippen LogP contribution in [0.4, 0.5) is 14.5 Å². The maximum absolute atomic E-state index is 13.8. The lowest BCUT2D eigenvalue weighted by Gasteiger charge is -2.18. The van der Waals surface area contributed by atoms with E-state index in [2.05, 4.69) is 0 Å². The Morgan fingerprint density at radius 3 is 2.46 bits per heavy atom. The Morgan fingerprint density at radius 2 is 1.83 bits per heavy atom. The number of hydrogen-bond donors (Lipinski definition) is 2. The van der Waals surface area contributed by atoms with Crippen molar-refractivity contribution in [2.24, 2.45) is 0 Å². The smallest absolute Gasteiger partial charge is 0.301 e. The van der Waals surface area contributed by atoms with E-state index in [1.807, 2.05) is 19.1 Å². The summed E-state index contributed by atoms with van der Waals surface area (Å²) in [6.07, 6.45) is 0. The highest BCUT2D eigenvalue weighted by Crippen LogP contribution is 2.29. The van der Waals surface area contributed by atoms with Crippen molar-refractivity contribution in [3.63, 3.8) is 0 Å². The highest BCUT2D eigenvalue weighted by Gasteiger charge is 2.18. The van der Waals surface area contributed by atoms with E-state index in [0.29, 0.717) is 0 Å². The molecule has 130 valence electrons. The number of hydrogen-bond acceptors (Lipinski definition) is 4. The maximum atomic E-state index is 13.8. The molecule has 5 nitrogen and oxygen atoms in total. The molecule has 2 aromatic carbocycles. The van der Waals surface area contributed by atoms with Crippen molar-refractivity contribution in [3.8, 4) is 5.75 Å². The van der Waals surface area contributed by atoms with E-state index in [4.69, 9.17) is 19.2 Å². The van der Waals surface area contributed by atoms with Crippen molar-refractivity contribution < 1.29 is 26.5 Å². The van der Waals surface area contributed by atoms with Gasteiger partial charge in [0, 0.05) is 5.92 Å². The second-order valence-corrected chi connectivity index (χ2v) is 5.87. The van der Waals surface area contributed by atoms with Crippen molar-refractivity contribution in [1.82, 2.24) is 0 Å². The highest BCUT2D eigenvalue weighted by molar-refractivity contribution is 7.74. The monoisotopic (exact) mass is 357 g/mol. The Labute approximate surface area is 140 Å². The molecule has 8 heteroatoms. The lowest BCUT2D eigenvalue weighted by molar-refractivity contribution is 0.214. The fourth-order valence-electron chi connectivity index (χ4n) is 2.10. The Balaban J connectivity index is 2.18. The molecule has 0 aromatic heterocycles. The number of halogens is 2. The van der Waals surface area contributed by atoms with Crippen LogP contribution in [0.2, 0.25) is 0 Å². The molecule has 0 aliphatic heterocycles. The molecule has 0 amide bonds. The van der Waals surface area contributed by atoms with E-state index < -0.39 is 34.7 Å². The normalized spacial score (nSPS) is 13.5. The molecule has 2 unspecified atom stereocenters. The number of benzene rings is 2. The topological polar surface area (TPSA) is 81.8 Å². The minimum Gasteiger partial charge on any atom is -0.488 e. The van der Waals surface area contributed by atoms with E-state index in [9.17, 15) is 13.0 Å². The van der Waals surface area contributed by atoms with Crippen LogP contribution in [-0.4, -0.2) is 22.0 Å². The zero-order valence-electron chi connectivity index (χ0n) is 12.9. The Kier molecular flexibility index (Phi) is 6.24. The van der Waals surface area contributed by atoms with Crippen molar-refractivity contribution in [3.05, 3.63) is 59.2 Å². The van der Waals surface area contributed by atoms with E-state index in [1.54, 1.807) is 12.1 Å². The quantitative estimate of drug-likeness (QED) is 0.588. The van der Waals surface area contributed by atoms with Gasteiger partial charge >= 0.3 is 11.4 Å². The van der Waals surface area contributed by atoms with Crippen molar-refractivity contribution in [2.45, 2.75) is 12.8 Å². The van der Waals surface area contributed by atoms with Crippen molar-refractivity contribution in [2.75, 3.05) is 18.9 Å². The molecule has 0 fully saturated rings. The SMILES string of the molecule is Cc1ccc(C(COc2c(N)ccc(F)c2F)COS(=O)O)cc1. The summed E-state index contributed by atoms with van der Waals surface area (Å²) in [5.41, 5.74) is 7.37. The van der Waals surface area contributed by atoms with Crippen molar-refractivity contribution >= 4 is 17.0 Å². The van der Waals surface area contributed by atoms with Gasteiger partial charge in [-0.05, 0) is 24.6 Å². The van der Waals surface area contributed by atoms with Gasteiger partial charge < -0.3 is 10.5 Å². The Bertz CT molecular complexity index is 725. The predicted molar refractivity (Wildman–Crippen MR) is 86.9 cm³/mol. The summed E-state index contributed by atoms with van der Waals surface area (Å²) < 4.78 is 56.6. The summed E-state index contributed by atoms with van der Waals surface area (Å²) >= 11 is -2.44. The third-order valence-electron chi connectivity index (χ3n) is 3.43. The molecule has 3 N–H and O–H groups in total. The second-order valence-electron chi connectivity index (χ2n) is 5.20. The van der Waals surface area contributed by atoms with Crippen LogP contribution in [0, 0.1) is 18.6 Å². The molecule has 0 spiro atoms. The molecule has 2 rings (SSSR count). The largest absolute Gasteiger partial charge is 0.488 e. The van der Waals surface area contributed by atoms with Gasteiger partial charge in [0.15, 0.2) is 11.6 Å². The number of nitrogens with two attached hydrogens (primary N) is 1. The van der Waals surface area contributed by atoms with Gasteiger partial charge in [0.25, 0.3) is 0 Å². The van der Waals surface area contributed by atoms with Gasteiger partial charge in [-0.2, -0.15) is 8.60 Å². The average Bonchev–Trinajstić information content (AvgIpc) is 2.54. The van der Waals surface area contributed by atoms with Gasteiger partial charge in [0.1, 0.15) is 0 Å². The fraction of sp³-hybridized carbons (Fsp3) is 0.250. The summed E-state index contributed by atoms with van der Waals surface area (Å²) in [5.74, 6) is -3.11. The Hall–Kier alpha value is -2.03. The first-order chi connectivity index (χ1) is 11.4. The zero-order chi connectivity index (χ0) is 17.7. The molecular weight excluding hydrogens is 340 g/mol. The van der Waals surface area contributed by atoms with Crippen LogP contribution in [0.1, 0.15) is 17.0 Å².